The van der Waals surface area contributed by atoms with Gasteiger partial charge in [-0.25, -0.2) is 13.6 Å². The number of hydrogen-bond donors (Lipinski definition) is 2. The Morgan fingerprint density at radius 2 is 2.00 bits per heavy atom. The summed E-state index contributed by atoms with van der Waals surface area (Å²) in [6, 6.07) is 5.15. The number of benzene rings is 1. The zero-order valence-electron chi connectivity index (χ0n) is 8.33. The number of aromatic nitrogens is 2. The molecule has 2 aromatic rings. The van der Waals surface area contributed by atoms with Gasteiger partial charge < -0.3 is 0 Å². The van der Waals surface area contributed by atoms with Crippen molar-refractivity contribution in [2.45, 2.75) is 0 Å². The van der Waals surface area contributed by atoms with E-state index < -0.39 is 19.6 Å². The number of halogens is 1. The Hall–Kier alpha value is -1.98. The molecule has 0 saturated heterocycles. The van der Waals surface area contributed by atoms with Crippen LogP contribution in [0.25, 0.3) is 5.69 Å². The van der Waals surface area contributed by atoms with E-state index in [0.717, 1.165) is 10.9 Å². The summed E-state index contributed by atoms with van der Waals surface area (Å²) in [7, 11) is -2.90. The molecule has 0 spiro atoms. The van der Waals surface area contributed by atoms with Gasteiger partial charge in [0.15, 0.2) is 0 Å². The molecule has 6 nitrogen and oxygen atoms in total. The highest BCUT2D eigenvalue weighted by molar-refractivity contribution is 7.32. The second-order valence-corrected chi connectivity index (χ2v) is 3.74. The minimum absolute atomic E-state index is 0.280. The van der Waals surface area contributed by atoms with Crippen LogP contribution in [0.3, 0.4) is 0 Å². The molecule has 2 N–H and O–H groups in total. The van der Waals surface area contributed by atoms with Crippen molar-refractivity contribution >= 4 is 8.25 Å². The van der Waals surface area contributed by atoms with Gasteiger partial charge in [-0.3, -0.25) is 9.89 Å². The van der Waals surface area contributed by atoms with Crippen molar-refractivity contribution in [3.05, 3.63) is 46.6 Å². The van der Waals surface area contributed by atoms with Gasteiger partial charge in [-0.15, -0.1) is 4.89 Å². The lowest BCUT2D eigenvalue weighted by molar-refractivity contribution is 0.409. The van der Waals surface area contributed by atoms with Crippen LogP contribution in [0.1, 0.15) is 0 Å². The topological polar surface area (TPSA) is 84.3 Å². The van der Waals surface area contributed by atoms with Gasteiger partial charge in [-0.1, -0.05) is 0 Å². The van der Waals surface area contributed by atoms with Gasteiger partial charge in [0, 0.05) is 4.57 Å². The fourth-order valence-corrected chi connectivity index (χ4v) is 1.58. The number of nitrogens with one attached hydrogen (secondary N) is 1. The molecule has 1 atom stereocenters. The molecule has 1 aromatic heterocycles. The summed E-state index contributed by atoms with van der Waals surface area (Å²) in [5, 5.41) is 2.53. The van der Waals surface area contributed by atoms with Gasteiger partial charge in [-0.2, -0.15) is 0 Å². The van der Waals surface area contributed by atoms with Crippen LogP contribution in [-0.4, -0.2) is 14.7 Å². The second-order valence-electron chi connectivity index (χ2n) is 3.08. The molecular weight excluding hydrogens is 250 g/mol. The van der Waals surface area contributed by atoms with Gasteiger partial charge in [0.1, 0.15) is 5.82 Å². The lowest BCUT2D eigenvalue weighted by atomic mass is 10.3. The molecule has 0 aliphatic heterocycles. The summed E-state index contributed by atoms with van der Waals surface area (Å²) in [5.74, 6) is -0.707. The summed E-state index contributed by atoms with van der Waals surface area (Å²) in [5.41, 5.74) is -0.242. The van der Waals surface area contributed by atoms with Gasteiger partial charge in [0.05, 0.1) is 11.9 Å². The highest BCUT2D eigenvalue weighted by Crippen LogP contribution is 2.19. The normalized spacial score (nSPS) is 11.3. The molecule has 1 unspecified atom stereocenters. The molecule has 0 radical (unpaired) electrons. The highest BCUT2D eigenvalue weighted by atomic mass is 31.1. The third-order valence-corrected chi connectivity index (χ3v) is 2.35. The predicted molar refractivity (Wildman–Crippen MR) is 56.8 cm³/mol. The standard InChI is InChI=1S/C9H6FN2O4P/c10-6-1-3-7(4-2-6)12-9(13)8(5-11-12)16-17(14)15/h1-5H,(H-,11,13,14,15)/p+1. The van der Waals surface area contributed by atoms with Crippen LogP contribution >= 0.6 is 8.25 Å². The zero-order chi connectivity index (χ0) is 12.4. The fraction of sp³-hybridized carbons (Fsp3) is 0. The molecule has 2 rings (SSSR count). The maximum Gasteiger partial charge on any atom is 0.747 e. The van der Waals surface area contributed by atoms with Gasteiger partial charge in [-0.05, 0) is 24.3 Å². The van der Waals surface area contributed by atoms with Gasteiger partial charge >= 0.3 is 13.8 Å². The van der Waals surface area contributed by atoms with Crippen LogP contribution < -0.4 is 10.1 Å². The van der Waals surface area contributed by atoms with Crippen LogP contribution in [0.4, 0.5) is 4.39 Å². The quantitative estimate of drug-likeness (QED) is 0.812. The maximum atomic E-state index is 12.7. The SMILES string of the molecule is O=c1c(O[P+](=O)O)c[nH]n1-c1ccc(F)cc1. The number of H-pyrrole nitrogens is 1. The molecule has 8 heteroatoms. The van der Waals surface area contributed by atoms with E-state index in [9.17, 15) is 13.8 Å². The Morgan fingerprint density at radius 1 is 1.35 bits per heavy atom. The number of rotatable bonds is 3. The number of hydrogen-bond acceptors (Lipinski definition) is 3. The highest BCUT2D eigenvalue weighted by Gasteiger charge is 2.20. The van der Waals surface area contributed by atoms with Crippen molar-refractivity contribution < 1.29 is 18.4 Å². The number of nitrogens with zero attached hydrogens (tertiary/aromatic N) is 1. The fourth-order valence-electron chi connectivity index (χ4n) is 1.29. The summed E-state index contributed by atoms with van der Waals surface area (Å²) in [6.07, 6.45) is 1.15. The second kappa shape index (κ2) is 4.48. The van der Waals surface area contributed by atoms with Gasteiger partial charge in [0.2, 0.25) is 0 Å². The third-order valence-electron chi connectivity index (χ3n) is 2.00. The third kappa shape index (κ3) is 2.41. The Bertz CT molecular complexity index is 604. The van der Waals surface area contributed by atoms with E-state index >= 15 is 0 Å². The average molecular weight is 257 g/mol. The zero-order valence-corrected chi connectivity index (χ0v) is 9.23. The van der Waals surface area contributed by atoms with E-state index in [-0.39, 0.29) is 5.75 Å². The first-order chi connectivity index (χ1) is 8.08. The smallest absolute Gasteiger partial charge is 0.294 e. The molecule has 17 heavy (non-hydrogen) atoms. The molecule has 0 aliphatic carbocycles. The summed E-state index contributed by atoms with van der Waals surface area (Å²) >= 11 is 0. The monoisotopic (exact) mass is 257 g/mol. The first-order valence-corrected chi connectivity index (χ1v) is 5.61. The van der Waals surface area contributed by atoms with Crippen molar-refractivity contribution in [2.24, 2.45) is 0 Å². The molecule has 88 valence electrons. The Labute approximate surface area is 95.2 Å². The van der Waals surface area contributed by atoms with Crippen molar-refractivity contribution in [3.8, 4) is 11.4 Å². The molecule has 0 saturated carbocycles. The maximum absolute atomic E-state index is 12.7. The van der Waals surface area contributed by atoms with E-state index in [1.807, 2.05) is 0 Å². The first-order valence-electron chi connectivity index (χ1n) is 4.48. The van der Waals surface area contributed by atoms with Crippen molar-refractivity contribution in [1.29, 1.82) is 0 Å². The largest absolute Gasteiger partial charge is 0.747 e. The van der Waals surface area contributed by atoms with Crippen LogP contribution in [-0.2, 0) is 4.57 Å². The minimum Gasteiger partial charge on any atom is -0.294 e. The molecule has 0 aliphatic rings. The van der Waals surface area contributed by atoms with E-state index in [0.29, 0.717) is 5.69 Å². The lowest BCUT2D eigenvalue weighted by Gasteiger charge is -1.99. The lowest BCUT2D eigenvalue weighted by Crippen LogP contribution is -2.15. The van der Waals surface area contributed by atoms with Crippen molar-refractivity contribution in [2.75, 3.05) is 0 Å². The van der Waals surface area contributed by atoms with Crippen LogP contribution in [0, 0.1) is 5.82 Å². The van der Waals surface area contributed by atoms with Crippen molar-refractivity contribution in [1.82, 2.24) is 9.78 Å². The Morgan fingerprint density at radius 3 is 2.59 bits per heavy atom. The van der Waals surface area contributed by atoms with E-state index in [1.165, 1.54) is 24.3 Å². The molecular formula is C9H7FN2O4P+. The summed E-state index contributed by atoms with van der Waals surface area (Å²) in [6.45, 7) is 0. The van der Waals surface area contributed by atoms with Crippen LogP contribution in [0.5, 0.6) is 5.75 Å². The van der Waals surface area contributed by atoms with E-state index in [1.54, 1.807) is 0 Å². The van der Waals surface area contributed by atoms with E-state index in [2.05, 4.69) is 9.62 Å². The van der Waals surface area contributed by atoms with Crippen LogP contribution in [0.15, 0.2) is 35.3 Å². The number of aromatic amines is 1. The minimum atomic E-state index is -2.90. The average Bonchev–Trinajstić information content (AvgIpc) is 2.61. The summed E-state index contributed by atoms with van der Waals surface area (Å²) < 4.78 is 28.6. The molecule has 1 aromatic carbocycles. The Kier molecular flexibility index (Phi) is 3.03. The molecule has 0 amide bonds. The first kappa shape index (κ1) is 11.5. The molecule has 0 fully saturated rings. The summed E-state index contributed by atoms with van der Waals surface area (Å²) in [4.78, 5) is 20.2. The van der Waals surface area contributed by atoms with E-state index in [4.69, 9.17) is 4.89 Å². The van der Waals surface area contributed by atoms with Gasteiger partial charge in [0.25, 0.3) is 5.75 Å². The van der Waals surface area contributed by atoms with Crippen LogP contribution in [0.2, 0.25) is 0 Å². The van der Waals surface area contributed by atoms with Crippen molar-refractivity contribution in [3.63, 3.8) is 0 Å². The predicted octanol–water partition coefficient (Wildman–Crippen LogP) is 1.33. The molecule has 0 bridgehead atoms. The Balaban J connectivity index is 2.40. The molecule has 1 heterocycles.